The highest BCUT2D eigenvalue weighted by Crippen LogP contribution is 2.57. The van der Waals surface area contributed by atoms with Crippen LogP contribution in [0.25, 0.3) is 0 Å². The number of fused-ring (bicyclic) bond motifs is 5. The number of hydrogen-bond donors (Lipinski definition) is 0. The second-order valence-electron chi connectivity index (χ2n) is 7.19. The van der Waals surface area contributed by atoms with E-state index in [9.17, 15) is 0 Å². The summed E-state index contributed by atoms with van der Waals surface area (Å²) in [6, 6.07) is 3.91. The van der Waals surface area contributed by atoms with E-state index in [4.69, 9.17) is 35.3 Å². The fourth-order valence-corrected chi connectivity index (χ4v) is 4.64. The lowest BCUT2D eigenvalue weighted by atomic mass is 9.95. The zero-order valence-corrected chi connectivity index (χ0v) is 15.0. The Hall–Kier alpha value is -0.850. The Kier molecular flexibility index (Phi) is 4.18. The first kappa shape index (κ1) is 16.3. The molecule has 5 rings (SSSR count). The molecule has 4 unspecified atom stereocenters. The molecule has 1 aromatic carbocycles. The first-order valence-corrected chi connectivity index (χ1v) is 9.66. The SMILES string of the molecule is CCOC(OC1CCCCO1)c1cc(Cl)cc2c1OC1C[C@H]3O[C@H]3C21. The van der Waals surface area contributed by atoms with Crippen molar-refractivity contribution < 1.29 is 23.7 Å². The minimum Gasteiger partial charge on any atom is -0.489 e. The van der Waals surface area contributed by atoms with Crippen LogP contribution >= 0.6 is 11.6 Å². The van der Waals surface area contributed by atoms with Crippen molar-refractivity contribution >= 4 is 11.6 Å². The van der Waals surface area contributed by atoms with Gasteiger partial charge in [-0.2, -0.15) is 0 Å². The predicted molar refractivity (Wildman–Crippen MR) is 90.9 cm³/mol. The van der Waals surface area contributed by atoms with Gasteiger partial charge in [0.2, 0.25) is 0 Å². The van der Waals surface area contributed by atoms with Crippen molar-refractivity contribution in [3.8, 4) is 5.75 Å². The molecular formula is C19H23ClO5. The van der Waals surface area contributed by atoms with Crippen molar-refractivity contribution in [2.24, 2.45) is 0 Å². The number of ether oxygens (including phenoxy) is 5. The second-order valence-corrected chi connectivity index (χ2v) is 7.63. The lowest BCUT2D eigenvalue weighted by molar-refractivity contribution is -0.258. The van der Waals surface area contributed by atoms with E-state index in [1.807, 2.05) is 19.1 Å². The summed E-state index contributed by atoms with van der Waals surface area (Å²) < 4.78 is 29.8. The quantitative estimate of drug-likeness (QED) is 0.583. The van der Waals surface area contributed by atoms with Crippen LogP contribution < -0.4 is 4.74 Å². The molecule has 1 saturated carbocycles. The van der Waals surface area contributed by atoms with Crippen molar-refractivity contribution in [1.29, 1.82) is 0 Å². The molecule has 0 spiro atoms. The summed E-state index contributed by atoms with van der Waals surface area (Å²) in [5, 5.41) is 0.681. The van der Waals surface area contributed by atoms with E-state index in [1.54, 1.807) is 0 Å². The van der Waals surface area contributed by atoms with E-state index in [0.717, 1.165) is 49.2 Å². The van der Waals surface area contributed by atoms with Crippen molar-refractivity contribution in [3.63, 3.8) is 0 Å². The molecule has 1 aromatic rings. The maximum absolute atomic E-state index is 6.43. The van der Waals surface area contributed by atoms with Gasteiger partial charge in [-0.05, 0) is 38.3 Å². The van der Waals surface area contributed by atoms with Gasteiger partial charge >= 0.3 is 0 Å². The van der Waals surface area contributed by atoms with Crippen molar-refractivity contribution in [2.75, 3.05) is 13.2 Å². The van der Waals surface area contributed by atoms with Crippen LogP contribution in [0.3, 0.4) is 0 Å². The highest BCUT2D eigenvalue weighted by Gasteiger charge is 2.60. The molecule has 3 heterocycles. The standard InChI is InChI=1S/C19H23ClO5/c1-2-21-19(25-15-5-3-4-6-22-15)12-8-10(20)7-11-16-13(23-17(11)12)9-14-18(16)24-14/h7-8,13-16,18-19H,2-6,9H2,1H3/t13?,14-,15?,16?,18-,19?/m1/s1. The third kappa shape index (κ3) is 2.86. The topological polar surface area (TPSA) is 49.5 Å². The molecule has 3 fully saturated rings. The van der Waals surface area contributed by atoms with Crippen LogP contribution in [0, 0.1) is 0 Å². The Morgan fingerprint density at radius 3 is 3.00 bits per heavy atom. The van der Waals surface area contributed by atoms with Crippen molar-refractivity contribution in [1.82, 2.24) is 0 Å². The lowest BCUT2D eigenvalue weighted by Crippen LogP contribution is -2.26. The van der Waals surface area contributed by atoms with Gasteiger partial charge in [-0.1, -0.05) is 11.6 Å². The molecule has 6 heteroatoms. The lowest BCUT2D eigenvalue weighted by Gasteiger charge is -2.28. The van der Waals surface area contributed by atoms with E-state index >= 15 is 0 Å². The summed E-state index contributed by atoms with van der Waals surface area (Å²) in [5.41, 5.74) is 2.00. The Labute approximate surface area is 152 Å². The maximum atomic E-state index is 6.43. The maximum Gasteiger partial charge on any atom is 0.190 e. The van der Waals surface area contributed by atoms with Crippen molar-refractivity contribution in [2.45, 2.75) is 69.4 Å². The molecule has 0 radical (unpaired) electrons. The average molecular weight is 367 g/mol. The van der Waals surface area contributed by atoms with Crippen LogP contribution in [0.4, 0.5) is 0 Å². The Morgan fingerprint density at radius 1 is 1.28 bits per heavy atom. The third-order valence-electron chi connectivity index (χ3n) is 5.57. The van der Waals surface area contributed by atoms with Crippen LogP contribution in [-0.4, -0.2) is 37.8 Å². The number of rotatable bonds is 5. The molecule has 2 saturated heterocycles. The minimum atomic E-state index is -0.532. The van der Waals surface area contributed by atoms with Crippen LogP contribution in [0.5, 0.6) is 5.75 Å². The Balaban J connectivity index is 1.46. The molecule has 0 amide bonds. The average Bonchev–Trinajstić information content (AvgIpc) is 3.12. The Bertz CT molecular complexity index is 659. The molecule has 4 aliphatic rings. The van der Waals surface area contributed by atoms with E-state index < -0.39 is 6.29 Å². The van der Waals surface area contributed by atoms with Gasteiger partial charge in [0.05, 0.1) is 23.7 Å². The highest BCUT2D eigenvalue weighted by atomic mass is 35.5. The van der Waals surface area contributed by atoms with Crippen LogP contribution in [-0.2, 0) is 18.9 Å². The molecule has 136 valence electrons. The fraction of sp³-hybridized carbons (Fsp3) is 0.684. The number of hydrogen-bond acceptors (Lipinski definition) is 5. The number of halogens is 1. The molecule has 5 nitrogen and oxygen atoms in total. The zero-order valence-electron chi connectivity index (χ0n) is 14.3. The number of epoxide rings is 1. The molecular weight excluding hydrogens is 344 g/mol. The van der Waals surface area contributed by atoms with Gasteiger partial charge in [0, 0.05) is 30.2 Å². The van der Waals surface area contributed by atoms with Crippen LogP contribution in [0.15, 0.2) is 12.1 Å². The monoisotopic (exact) mass is 366 g/mol. The summed E-state index contributed by atoms with van der Waals surface area (Å²) in [7, 11) is 0. The van der Waals surface area contributed by atoms with E-state index in [1.165, 1.54) is 0 Å². The van der Waals surface area contributed by atoms with Gasteiger partial charge in [-0.3, -0.25) is 0 Å². The molecule has 0 N–H and O–H groups in total. The summed E-state index contributed by atoms with van der Waals surface area (Å²) >= 11 is 6.43. The smallest absolute Gasteiger partial charge is 0.190 e. The second kappa shape index (κ2) is 6.39. The van der Waals surface area contributed by atoms with Gasteiger partial charge in [0.1, 0.15) is 11.9 Å². The largest absolute Gasteiger partial charge is 0.489 e. The number of benzene rings is 1. The molecule has 25 heavy (non-hydrogen) atoms. The van der Waals surface area contributed by atoms with Gasteiger partial charge < -0.3 is 23.7 Å². The Morgan fingerprint density at radius 2 is 2.20 bits per heavy atom. The predicted octanol–water partition coefficient (Wildman–Crippen LogP) is 3.93. The van der Waals surface area contributed by atoms with E-state index in [-0.39, 0.29) is 24.4 Å². The molecule has 6 atom stereocenters. The van der Waals surface area contributed by atoms with E-state index in [2.05, 4.69) is 0 Å². The summed E-state index contributed by atoms with van der Waals surface area (Å²) in [6.45, 7) is 3.23. The van der Waals surface area contributed by atoms with Crippen molar-refractivity contribution in [3.05, 3.63) is 28.3 Å². The van der Waals surface area contributed by atoms with Crippen LogP contribution in [0.2, 0.25) is 5.02 Å². The molecule has 0 bridgehead atoms. The molecule has 1 aliphatic carbocycles. The van der Waals surface area contributed by atoms with Gasteiger partial charge in [-0.15, -0.1) is 0 Å². The summed E-state index contributed by atoms with van der Waals surface area (Å²) in [4.78, 5) is 0. The fourth-order valence-electron chi connectivity index (χ4n) is 4.40. The highest BCUT2D eigenvalue weighted by molar-refractivity contribution is 6.30. The molecule has 0 aromatic heterocycles. The van der Waals surface area contributed by atoms with E-state index in [0.29, 0.717) is 17.7 Å². The molecule has 3 aliphatic heterocycles. The van der Waals surface area contributed by atoms with Gasteiger partial charge in [0.15, 0.2) is 12.6 Å². The van der Waals surface area contributed by atoms with Gasteiger partial charge in [0.25, 0.3) is 0 Å². The summed E-state index contributed by atoms with van der Waals surface area (Å²) in [5.74, 6) is 1.15. The minimum absolute atomic E-state index is 0.184. The zero-order chi connectivity index (χ0) is 17.0. The van der Waals surface area contributed by atoms with Crippen LogP contribution in [0.1, 0.15) is 55.9 Å². The van der Waals surface area contributed by atoms with Gasteiger partial charge in [-0.25, -0.2) is 0 Å². The third-order valence-corrected chi connectivity index (χ3v) is 5.78. The first-order valence-electron chi connectivity index (χ1n) is 9.28. The normalized spacial score (nSPS) is 36.3. The summed E-state index contributed by atoms with van der Waals surface area (Å²) in [6.07, 6.45) is 4.09. The first-order chi connectivity index (χ1) is 12.2.